The van der Waals surface area contributed by atoms with Gasteiger partial charge in [0, 0.05) is 0 Å². The molecule has 1 aromatic carbocycles. The SMILES string of the molecule is Cc1cc(N)c(N)c(C(=O)OCCOC(C)C)c1. The van der Waals surface area contributed by atoms with Crippen LogP contribution in [0.1, 0.15) is 29.8 Å². The summed E-state index contributed by atoms with van der Waals surface area (Å²) >= 11 is 0. The predicted molar refractivity (Wildman–Crippen MR) is 71.4 cm³/mol. The van der Waals surface area contributed by atoms with Gasteiger partial charge in [0.25, 0.3) is 0 Å². The molecule has 1 rings (SSSR count). The number of anilines is 2. The molecule has 100 valence electrons. The molecule has 0 saturated heterocycles. The van der Waals surface area contributed by atoms with Crippen molar-refractivity contribution in [1.82, 2.24) is 0 Å². The molecule has 0 radical (unpaired) electrons. The molecule has 0 saturated carbocycles. The molecule has 0 unspecified atom stereocenters. The number of carbonyl (C=O) groups excluding carboxylic acids is 1. The molecule has 0 aliphatic heterocycles. The summed E-state index contributed by atoms with van der Waals surface area (Å²) < 4.78 is 10.3. The second-order valence-electron chi connectivity index (χ2n) is 4.37. The third-order valence-electron chi connectivity index (χ3n) is 2.34. The molecular formula is C13H20N2O3. The van der Waals surface area contributed by atoms with Crippen LogP contribution in [0.2, 0.25) is 0 Å². The number of benzene rings is 1. The van der Waals surface area contributed by atoms with Crippen molar-refractivity contribution < 1.29 is 14.3 Å². The van der Waals surface area contributed by atoms with E-state index in [-0.39, 0.29) is 18.4 Å². The molecule has 0 aliphatic rings. The average molecular weight is 252 g/mol. The van der Waals surface area contributed by atoms with E-state index in [2.05, 4.69) is 0 Å². The Hall–Kier alpha value is -1.75. The lowest BCUT2D eigenvalue weighted by atomic mass is 10.1. The predicted octanol–water partition coefficient (Wildman–Crippen LogP) is 1.74. The van der Waals surface area contributed by atoms with Crippen molar-refractivity contribution in [3.8, 4) is 0 Å². The van der Waals surface area contributed by atoms with Crippen LogP contribution in [0.15, 0.2) is 12.1 Å². The van der Waals surface area contributed by atoms with E-state index in [9.17, 15) is 4.79 Å². The van der Waals surface area contributed by atoms with E-state index < -0.39 is 5.97 Å². The molecule has 5 heteroatoms. The molecule has 0 amide bonds. The Bertz CT molecular complexity index is 430. The molecule has 0 spiro atoms. The molecule has 0 heterocycles. The van der Waals surface area contributed by atoms with E-state index in [4.69, 9.17) is 20.9 Å². The van der Waals surface area contributed by atoms with E-state index in [1.807, 2.05) is 20.8 Å². The van der Waals surface area contributed by atoms with Crippen molar-refractivity contribution in [2.24, 2.45) is 0 Å². The van der Waals surface area contributed by atoms with Crippen molar-refractivity contribution in [1.29, 1.82) is 0 Å². The Balaban J connectivity index is 2.62. The van der Waals surface area contributed by atoms with Crippen molar-refractivity contribution in [2.45, 2.75) is 26.9 Å². The van der Waals surface area contributed by atoms with Gasteiger partial charge in [-0.15, -0.1) is 0 Å². The summed E-state index contributed by atoms with van der Waals surface area (Å²) in [6.45, 7) is 6.24. The first kappa shape index (κ1) is 14.3. The third kappa shape index (κ3) is 3.92. The number of nitrogens with two attached hydrogens (primary N) is 2. The van der Waals surface area contributed by atoms with E-state index in [0.717, 1.165) is 5.56 Å². The largest absolute Gasteiger partial charge is 0.460 e. The van der Waals surface area contributed by atoms with Crippen LogP contribution in [0.5, 0.6) is 0 Å². The minimum atomic E-state index is -0.477. The smallest absolute Gasteiger partial charge is 0.340 e. The fourth-order valence-corrected chi connectivity index (χ4v) is 1.49. The average Bonchev–Trinajstić information content (AvgIpc) is 2.28. The first-order chi connectivity index (χ1) is 8.41. The molecule has 5 nitrogen and oxygen atoms in total. The molecule has 0 atom stereocenters. The maximum Gasteiger partial charge on any atom is 0.340 e. The molecule has 1 aromatic rings. The number of carbonyl (C=O) groups is 1. The van der Waals surface area contributed by atoms with Crippen LogP contribution in [0.25, 0.3) is 0 Å². The van der Waals surface area contributed by atoms with Gasteiger partial charge in [0.15, 0.2) is 0 Å². The van der Waals surface area contributed by atoms with Crippen LogP contribution in [0.4, 0.5) is 11.4 Å². The number of hydrogen-bond acceptors (Lipinski definition) is 5. The third-order valence-corrected chi connectivity index (χ3v) is 2.34. The number of ether oxygens (including phenoxy) is 2. The standard InChI is InChI=1S/C13H20N2O3/c1-8(2)17-4-5-18-13(16)10-6-9(3)7-11(14)12(10)15/h6-8H,4-5,14-15H2,1-3H3. The molecule has 0 bridgehead atoms. The summed E-state index contributed by atoms with van der Waals surface area (Å²) in [5.41, 5.74) is 13.3. The highest BCUT2D eigenvalue weighted by molar-refractivity contribution is 5.98. The first-order valence-corrected chi connectivity index (χ1v) is 5.86. The van der Waals surface area contributed by atoms with Crippen LogP contribution >= 0.6 is 0 Å². The molecule has 0 fully saturated rings. The van der Waals surface area contributed by atoms with Gasteiger partial charge in [-0.2, -0.15) is 0 Å². The van der Waals surface area contributed by atoms with Crippen LogP contribution in [-0.2, 0) is 9.47 Å². The molecule has 0 aromatic heterocycles. The summed E-state index contributed by atoms with van der Waals surface area (Å²) in [4.78, 5) is 11.8. The van der Waals surface area contributed by atoms with Gasteiger partial charge in [-0.25, -0.2) is 4.79 Å². The Morgan fingerprint density at radius 3 is 2.56 bits per heavy atom. The van der Waals surface area contributed by atoms with E-state index in [0.29, 0.717) is 17.9 Å². The van der Waals surface area contributed by atoms with Gasteiger partial charge in [0.2, 0.25) is 0 Å². The lowest BCUT2D eigenvalue weighted by Crippen LogP contribution is -2.15. The van der Waals surface area contributed by atoms with Crippen molar-refractivity contribution in [3.05, 3.63) is 23.3 Å². The zero-order valence-corrected chi connectivity index (χ0v) is 11.0. The minimum Gasteiger partial charge on any atom is -0.460 e. The topological polar surface area (TPSA) is 87.6 Å². The number of nitrogen functional groups attached to an aromatic ring is 2. The number of rotatable bonds is 5. The lowest BCUT2D eigenvalue weighted by Gasteiger charge is -2.11. The Kier molecular flexibility index (Phi) is 4.97. The first-order valence-electron chi connectivity index (χ1n) is 5.86. The highest BCUT2D eigenvalue weighted by Crippen LogP contribution is 2.22. The monoisotopic (exact) mass is 252 g/mol. The van der Waals surface area contributed by atoms with Crippen molar-refractivity contribution >= 4 is 17.3 Å². The normalized spacial score (nSPS) is 10.7. The van der Waals surface area contributed by atoms with E-state index >= 15 is 0 Å². The molecule has 0 aliphatic carbocycles. The Labute approximate surface area is 107 Å². The van der Waals surface area contributed by atoms with Crippen molar-refractivity contribution in [2.75, 3.05) is 24.7 Å². The van der Waals surface area contributed by atoms with Crippen LogP contribution in [0.3, 0.4) is 0 Å². The van der Waals surface area contributed by atoms with E-state index in [1.54, 1.807) is 12.1 Å². The molecule has 18 heavy (non-hydrogen) atoms. The zero-order chi connectivity index (χ0) is 13.7. The quantitative estimate of drug-likeness (QED) is 0.473. The summed E-state index contributed by atoms with van der Waals surface area (Å²) in [7, 11) is 0. The van der Waals surface area contributed by atoms with Crippen molar-refractivity contribution in [3.63, 3.8) is 0 Å². The summed E-state index contributed by atoms with van der Waals surface area (Å²) in [5.74, 6) is -0.477. The fourth-order valence-electron chi connectivity index (χ4n) is 1.49. The van der Waals surface area contributed by atoms with Gasteiger partial charge in [-0.3, -0.25) is 0 Å². The van der Waals surface area contributed by atoms with Gasteiger partial charge in [0.1, 0.15) is 6.61 Å². The summed E-state index contributed by atoms with van der Waals surface area (Å²) in [6.07, 6.45) is 0.114. The highest BCUT2D eigenvalue weighted by atomic mass is 16.6. The maximum atomic E-state index is 11.8. The second kappa shape index (κ2) is 6.26. The number of aryl methyl sites for hydroxylation is 1. The fraction of sp³-hybridized carbons (Fsp3) is 0.462. The lowest BCUT2D eigenvalue weighted by molar-refractivity contribution is 0.0177. The van der Waals surface area contributed by atoms with Gasteiger partial charge >= 0.3 is 5.97 Å². The van der Waals surface area contributed by atoms with Gasteiger partial charge in [-0.05, 0) is 38.5 Å². The molecule has 4 N–H and O–H groups in total. The van der Waals surface area contributed by atoms with Gasteiger partial charge in [-0.1, -0.05) is 0 Å². The van der Waals surface area contributed by atoms with Crippen LogP contribution in [0, 0.1) is 6.92 Å². The Morgan fingerprint density at radius 2 is 1.94 bits per heavy atom. The Morgan fingerprint density at radius 1 is 1.28 bits per heavy atom. The molecular weight excluding hydrogens is 232 g/mol. The number of hydrogen-bond donors (Lipinski definition) is 2. The highest BCUT2D eigenvalue weighted by Gasteiger charge is 2.14. The van der Waals surface area contributed by atoms with Crippen LogP contribution < -0.4 is 11.5 Å². The van der Waals surface area contributed by atoms with Gasteiger partial charge < -0.3 is 20.9 Å². The zero-order valence-electron chi connectivity index (χ0n) is 11.0. The number of esters is 1. The van der Waals surface area contributed by atoms with E-state index in [1.165, 1.54) is 0 Å². The second-order valence-corrected chi connectivity index (χ2v) is 4.37. The minimum absolute atomic E-state index is 0.114. The summed E-state index contributed by atoms with van der Waals surface area (Å²) in [5, 5.41) is 0. The summed E-state index contributed by atoms with van der Waals surface area (Å²) in [6, 6.07) is 3.38. The maximum absolute atomic E-state index is 11.8. The van der Waals surface area contributed by atoms with Crippen LogP contribution in [-0.4, -0.2) is 25.3 Å². The van der Waals surface area contributed by atoms with Gasteiger partial charge in [0.05, 0.1) is 29.6 Å².